The maximum Gasteiger partial charge on any atom is 0 e. The van der Waals surface area contributed by atoms with Gasteiger partial charge in [-0.15, -0.1) is 0 Å². The predicted molar refractivity (Wildman–Crippen MR) is 17.6 cm³/mol. The fraction of sp³-hybridized carbons (Fsp3) is 0. The molecule has 5 heteroatoms. The summed E-state index contributed by atoms with van der Waals surface area (Å²) in [7, 11) is 14.8. The molecule has 0 nitrogen and oxygen atoms in total. The first-order valence-electron chi connectivity index (χ1n) is 0.378. The molecule has 0 saturated heterocycles. The van der Waals surface area contributed by atoms with E-state index in [9.17, 15) is 0 Å². The summed E-state index contributed by atoms with van der Waals surface area (Å²) in [5, 5.41) is 0. The van der Waals surface area contributed by atoms with E-state index < -0.39 is 13.0 Å². The van der Waals surface area contributed by atoms with E-state index in [1.165, 1.54) is 0 Å². The zero-order valence-electron chi connectivity index (χ0n) is 1.80. The number of hydrogen-bond acceptors (Lipinski definition) is 0. The Labute approximate surface area is 60.9 Å². The Morgan fingerprint density at radius 3 is 1.00 bits per heavy atom. The van der Waals surface area contributed by atoms with E-state index in [-0.39, 0.29) is 19.5 Å². The van der Waals surface area contributed by atoms with Gasteiger partial charge in [0.1, 0.15) is 0 Å². The number of hydrogen-bond donors (Lipinski definition) is 0. The summed E-state index contributed by atoms with van der Waals surface area (Å²) in [5.74, 6) is 0. The van der Waals surface area contributed by atoms with Crippen LogP contribution < -0.4 is 0 Å². The molecular formula is Cl3Rh2. The molecule has 5 heavy (non-hydrogen) atoms. The van der Waals surface area contributed by atoms with Gasteiger partial charge in [-0.1, -0.05) is 0 Å². The van der Waals surface area contributed by atoms with Crippen LogP contribution in [0.4, 0.5) is 0 Å². The fourth-order valence-electron chi connectivity index (χ4n) is 0. The van der Waals surface area contributed by atoms with Crippen molar-refractivity contribution in [3.05, 3.63) is 0 Å². The van der Waals surface area contributed by atoms with Crippen LogP contribution in [0.15, 0.2) is 0 Å². The van der Waals surface area contributed by atoms with Crippen molar-refractivity contribution < 1.29 is 32.5 Å². The Hall–Kier alpha value is 2.12. The summed E-state index contributed by atoms with van der Waals surface area (Å²) in [5.41, 5.74) is 0. The molecule has 0 amide bonds. The molecule has 0 heterocycles. The van der Waals surface area contributed by atoms with E-state index in [0.717, 1.165) is 0 Å². The predicted octanol–water partition coefficient (Wildman–Crippen LogP) is 2.06. The van der Waals surface area contributed by atoms with Gasteiger partial charge in [0.15, 0.2) is 0 Å². The number of rotatable bonds is 0. The average Bonchev–Trinajstić information content (AvgIpc) is 0.811. The molecule has 0 atom stereocenters. The first kappa shape index (κ1) is 10.2. The van der Waals surface area contributed by atoms with Gasteiger partial charge in [0.25, 0.3) is 0 Å². The number of halogens is 3. The fourth-order valence-corrected chi connectivity index (χ4v) is 0. The zero-order chi connectivity index (χ0) is 3.58. The molecule has 0 aliphatic carbocycles. The SMILES string of the molecule is [Cl][Rh]([Cl])[Cl].[Rh]. The van der Waals surface area contributed by atoms with Gasteiger partial charge in [0.05, 0.1) is 0 Å². The summed E-state index contributed by atoms with van der Waals surface area (Å²) in [4.78, 5) is 0. The van der Waals surface area contributed by atoms with Crippen LogP contribution in [0.2, 0.25) is 0 Å². The summed E-state index contributed by atoms with van der Waals surface area (Å²) >= 11 is -1.66. The Balaban J connectivity index is 0. The Morgan fingerprint density at radius 2 is 1.00 bits per heavy atom. The first-order valence-corrected chi connectivity index (χ1v) is 6.71. The summed E-state index contributed by atoms with van der Waals surface area (Å²) in [6, 6.07) is 0. The van der Waals surface area contributed by atoms with Crippen molar-refractivity contribution in [1.82, 2.24) is 0 Å². The third-order valence-electron chi connectivity index (χ3n) is 0. The van der Waals surface area contributed by atoms with Crippen molar-refractivity contribution in [3.8, 4) is 0 Å². The minimum absolute atomic E-state index is 0. The van der Waals surface area contributed by atoms with Crippen LogP contribution in [0.1, 0.15) is 0 Å². The summed E-state index contributed by atoms with van der Waals surface area (Å²) < 4.78 is 0. The van der Waals surface area contributed by atoms with E-state index >= 15 is 0 Å². The second-order valence-corrected chi connectivity index (χ2v) is 7.61. The molecule has 0 unspecified atom stereocenters. The molecular weight excluding hydrogens is 312 g/mol. The van der Waals surface area contributed by atoms with Gasteiger partial charge in [-0.2, -0.15) is 0 Å². The molecule has 0 N–H and O–H groups in total. The normalized spacial score (nSPS) is 9.00. The van der Waals surface area contributed by atoms with Crippen LogP contribution in [0.5, 0.6) is 0 Å². The van der Waals surface area contributed by atoms with Gasteiger partial charge in [-0.25, -0.2) is 0 Å². The van der Waals surface area contributed by atoms with Gasteiger partial charge in [0.2, 0.25) is 0 Å². The Morgan fingerprint density at radius 1 is 1.00 bits per heavy atom. The van der Waals surface area contributed by atoms with Gasteiger partial charge < -0.3 is 0 Å². The van der Waals surface area contributed by atoms with Crippen molar-refractivity contribution in [1.29, 1.82) is 0 Å². The second-order valence-electron chi connectivity index (χ2n) is 0.143. The van der Waals surface area contributed by atoms with Gasteiger partial charge in [-0.05, 0) is 0 Å². The minimum Gasteiger partial charge on any atom is 0 e. The molecule has 0 bridgehead atoms. The van der Waals surface area contributed by atoms with Crippen LogP contribution in [0, 0.1) is 0 Å². The van der Waals surface area contributed by atoms with E-state index in [1.807, 2.05) is 0 Å². The molecule has 0 aliphatic heterocycles. The van der Waals surface area contributed by atoms with Crippen molar-refractivity contribution in [2.24, 2.45) is 0 Å². The minimum atomic E-state index is -1.66. The van der Waals surface area contributed by atoms with Gasteiger partial charge >= 0.3 is 42.1 Å². The zero-order valence-corrected chi connectivity index (χ0v) is 7.35. The molecule has 0 saturated carbocycles. The topological polar surface area (TPSA) is 0 Å². The smallest absolute Gasteiger partial charge is 0 e. The van der Waals surface area contributed by atoms with Gasteiger partial charge in [-0.3, -0.25) is 0 Å². The monoisotopic (exact) mass is 311 g/mol. The quantitative estimate of drug-likeness (QED) is 0.601. The van der Waals surface area contributed by atoms with Crippen LogP contribution in [-0.4, -0.2) is 0 Å². The van der Waals surface area contributed by atoms with Gasteiger partial charge in [0, 0.05) is 19.5 Å². The summed E-state index contributed by atoms with van der Waals surface area (Å²) in [6.07, 6.45) is 0. The Kier molecular flexibility index (Phi) is 12.4. The molecule has 0 aromatic carbocycles. The summed E-state index contributed by atoms with van der Waals surface area (Å²) in [6.45, 7) is 0. The maximum atomic E-state index is 4.94. The maximum absolute atomic E-state index is 4.94. The third kappa shape index (κ3) is 23.1. The molecule has 1 radical (unpaired) electrons. The van der Waals surface area contributed by atoms with E-state index in [4.69, 9.17) is 29.1 Å². The van der Waals surface area contributed by atoms with Crippen LogP contribution >= 0.6 is 29.1 Å². The van der Waals surface area contributed by atoms with Crippen molar-refractivity contribution in [3.63, 3.8) is 0 Å². The van der Waals surface area contributed by atoms with Crippen molar-refractivity contribution >= 4 is 29.1 Å². The largest absolute Gasteiger partial charge is 0 e. The standard InChI is InChI=1S/3ClH.2Rh/h3*1H;;/q;;;;+3/p-3. The van der Waals surface area contributed by atoms with Crippen molar-refractivity contribution in [2.45, 2.75) is 0 Å². The first-order chi connectivity index (χ1) is 1.73. The molecule has 0 aromatic rings. The third-order valence-corrected chi connectivity index (χ3v) is 0. The van der Waals surface area contributed by atoms with Crippen LogP contribution in [0.3, 0.4) is 0 Å². The molecule has 0 rings (SSSR count). The molecule has 39 valence electrons. The van der Waals surface area contributed by atoms with E-state index in [2.05, 4.69) is 0 Å². The molecule has 0 spiro atoms. The Bertz CT molecular complexity index is 9.61. The average molecular weight is 312 g/mol. The molecule has 0 fully saturated rings. The van der Waals surface area contributed by atoms with Crippen LogP contribution in [0.25, 0.3) is 0 Å². The van der Waals surface area contributed by atoms with E-state index in [0.29, 0.717) is 0 Å². The van der Waals surface area contributed by atoms with Crippen molar-refractivity contribution in [2.75, 3.05) is 0 Å². The molecule has 0 aliphatic rings. The van der Waals surface area contributed by atoms with Crippen LogP contribution in [-0.2, 0) is 32.5 Å². The molecule has 0 aromatic heterocycles. The van der Waals surface area contributed by atoms with E-state index in [1.54, 1.807) is 0 Å². The second kappa shape index (κ2) is 6.12.